The maximum Gasteiger partial charge on any atom is 0.408 e. The summed E-state index contributed by atoms with van der Waals surface area (Å²) in [6.45, 7) is 3.44. The molecule has 4 N–H and O–H groups in total. The summed E-state index contributed by atoms with van der Waals surface area (Å²) >= 11 is 0. The van der Waals surface area contributed by atoms with Gasteiger partial charge in [-0.2, -0.15) is 0 Å². The molecule has 0 spiro atoms. The van der Waals surface area contributed by atoms with Gasteiger partial charge in [-0.25, -0.2) is 4.79 Å². The lowest BCUT2D eigenvalue weighted by Gasteiger charge is -2.27. The summed E-state index contributed by atoms with van der Waals surface area (Å²) in [7, 11) is 0. The third-order valence-electron chi connectivity index (χ3n) is 7.02. The van der Waals surface area contributed by atoms with Crippen LogP contribution in [0.5, 0.6) is 0 Å². The zero-order chi connectivity index (χ0) is 27.5. The predicted molar refractivity (Wildman–Crippen MR) is 142 cm³/mol. The lowest BCUT2D eigenvalue weighted by Crippen LogP contribution is -2.57. The van der Waals surface area contributed by atoms with Crippen molar-refractivity contribution in [1.29, 1.82) is 0 Å². The third-order valence-corrected chi connectivity index (χ3v) is 7.02. The summed E-state index contributed by atoms with van der Waals surface area (Å²) in [5.41, 5.74) is 1.43. The molecule has 3 amide bonds. The van der Waals surface area contributed by atoms with Crippen LogP contribution in [0.2, 0.25) is 0 Å². The first kappa shape index (κ1) is 28.7. The number of carbonyl (C=O) groups is 4. The van der Waals surface area contributed by atoms with Gasteiger partial charge in [-0.1, -0.05) is 73.5 Å². The van der Waals surface area contributed by atoms with Gasteiger partial charge < -0.3 is 25.8 Å². The molecule has 9 nitrogen and oxygen atoms in total. The topological polar surface area (TPSA) is 134 Å². The van der Waals surface area contributed by atoms with Crippen LogP contribution in [0.1, 0.15) is 50.7 Å². The van der Waals surface area contributed by atoms with Crippen molar-refractivity contribution in [2.24, 2.45) is 11.8 Å². The number of ether oxygens (including phenoxy) is 1. The highest BCUT2D eigenvalue weighted by atomic mass is 16.5. The first-order valence-corrected chi connectivity index (χ1v) is 13.1. The molecule has 38 heavy (non-hydrogen) atoms. The number of rotatable bonds is 12. The lowest BCUT2D eigenvalue weighted by atomic mass is 9.91. The Kier molecular flexibility index (Phi) is 10.7. The van der Waals surface area contributed by atoms with Crippen LogP contribution in [0.25, 0.3) is 0 Å². The number of carboxylic acids is 1. The highest BCUT2D eigenvalue weighted by Gasteiger charge is 2.37. The van der Waals surface area contributed by atoms with Gasteiger partial charge in [-0.15, -0.1) is 0 Å². The second-order valence-corrected chi connectivity index (χ2v) is 9.89. The number of hydrogen-bond acceptors (Lipinski definition) is 5. The van der Waals surface area contributed by atoms with E-state index in [0.29, 0.717) is 11.5 Å². The molecular formula is C29H37N3O6. The smallest absolute Gasteiger partial charge is 0.408 e. The minimum Gasteiger partial charge on any atom is -0.481 e. The van der Waals surface area contributed by atoms with Crippen molar-refractivity contribution in [3.63, 3.8) is 0 Å². The molecule has 0 aromatic heterocycles. The number of alkyl carbamates (subject to hydrolysis) is 1. The Balaban J connectivity index is 1.70. The van der Waals surface area contributed by atoms with E-state index in [0.717, 1.165) is 31.2 Å². The molecule has 1 aliphatic carbocycles. The number of hydrogen-bond donors (Lipinski definition) is 4. The van der Waals surface area contributed by atoms with Crippen LogP contribution in [0.4, 0.5) is 4.79 Å². The Labute approximate surface area is 223 Å². The number of carboxylic acid groups (broad SMARTS) is 1. The molecule has 0 radical (unpaired) electrons. The summed E-state index contributed by atoms with van der Waals surface area (Å²) in [4.78, 5) is 51.0. The number of aliphatic carboxylic acids is 1. The molecule has 9 heteroatoms. The number of amides is 3. The molecule has 1 fully saturated rings. The molecule has 0 saturated heterocycles. The second kappa shape index (κ2) is 14.2. The van der Waals surface area contributed by atoms with Gasteiger partial charge in [0.05, 0.1) is 5.92 Å². The van der Waals surface area contributed by atoms with Crippen molar-refractivity contribution in [2.75, 3.05) is 0 Å². The molecule has 0 heterocycles. The minimum atomic E-state index is -1.47. The summed E-state index contributed by atoms with van der Waals surface area (Å²) < 4.78 is 5.25. The van der Waals surface area contributed by atoms with Crippen molar-refractivity contribution >= 4 is 23.9 Å². The molecule has 1 saturated carbocycles. The minimum absolute atomic E-state index is 0.00742. The van der Waals surface area contributed by atoms with E-state index in [1.807, 2.05) is 13.0 Å². The Morgan fingerprint density at radius 3 is 2.00 bits per heavy atom. The zero-order valence-electron chi connectivity index (χ0n) is 21.9. The van der Waals surface area contributed by atoms with Crippen LogP contribution >= 0.6 is 0 Å². The average Bonchev–Trinajstić information content (AvgIpc) is 3.46. The normalized spacial score (nSPS) is 16.5. The maximum atomic E-state index is 13.3. The molecular weight excluding hydrogens is 486 g/mol. The van der Waals surface area contributed by atoms with Crippen LogP contribution < -0.4 is 16.0 Å². The van der Waals surface area contributed by atoms with Crippen LogP contribution in [-0.4, -0.2) is 47.1 Å². The maximum absolute atomic E-state index is 13.3. The van der Waals surface area contributed by atoms with Gasteiger partial charge in [-0.05, 0) is 50.2 Å². The van der Waals surface area contributed by atoms with Gasteiger partial charge in [0, 0.05) is 6.04 Å². The fourth-order valence-corrected chi connectivity index (χ4v) is 4.75. The Morgan fingerprint density at radius 1 is 0.842 bits per heavy atom. The quantitative estimate of drug-likeness (QED) is 0.337. The van der Waals surface area contributed by atoms with Crippen LogP contribution in [0, 0.1) is 11.8 Å². The number of nitrogens with one attached hydrogen (secondary N) is 3. The molecule has 1 aliphatic rings. The summed E-state index contributed by atoms with van der Waals surface area (Å²) in [5.74, 6) is -3.30. The molecule has 2 unspecified atom stereocenters. The van der Waals surface area contributed by atoms with E-state index in [-0.39, 0.29) is 25.0 Å². The average molecular weight is 524 g/mol. The number of benzene rings is 2. The molecule has 2 aromatic carbocycles. The fraction of sp³-hybridized carbons (Fsp3) is 0.448. The van der Waals surface area contributed by atoms with E-state index in [1.165, 1.54) is 6.92 Å². The molecule has 4 atom stereocenters. The van der Waals surface area contributed by atoms with E-state index in [1.54, 1.807) is 54.6 Å². The molecule has 0 bridgehead atoms. The van der Waals surface area contributed by atoms with E-state index < -0.39 is 36.0 Å². The van der Waals surface area contributed by atoms with E-state index >= 15 is 0 Å². The highest BCUT2D eigenvalue weighted by molar-refractivity contribution is 5.94. The van der Waals surface area contributed by atoms with Crippen molar-refractivity contribution in [3.8, 4) is 0 Å². The first-order chi connectivity index (χ1) is 18.2. The van der Waals surface area contributed by atoms with Gasteiger partial charge in [0.15, 0.2) is 0 Å². The van der Waals surface area contributed by atoms with Crippen LogP contribution in [-0.2, 0) is 32.1 Å². The van der Waals surface area contributed by atoms with Gasteiger partial charge in [0.1, 0.15) is 18.7 Å². The Bertz CT molecular complexity index is 1070. The van der Waals surface area contributed by atoms with Crippen molar-refractivity contribution in [2.45, 2.75) is 70.7 Å². The number of carbonyl (C=O) groups excluding carboxylic acids is 3. The zero-order valence-corrected chi connectivity index (χ0v) is 21.9. The van der Waals surface area contributed by atoms with E-state index in [2.05, 4.69) is 16.0 Å². The van der Waals surface area contributed by atoms with Gasteiger partial charge in [0.2, 0.25) is 11.8 Å². The van der Waals surface area contributed by atoms with Gasteiger partial charge >= 0.3 is 12.1 Å². The third kappa shape index (κ3) is 8.61. The predicted octanol–water partition coefficient (Wildman–Crippen LogP) is 3.42. The highest BCUT2D eigenvalue weighted by Crippen LogP contribution is 2.27. The lowest BCUT2D eigenvalue weighted by molar-refractivity contribution is -0.145. The van der Waals surface area contributed by atoms with Gasteiger partial charge in [0.25, 0.3) is 0 Å². The van der Waals surface area contributed by atoms with Crippen LogP contribution in [0.3, 0.4) is 0 Å². The fourth-order valence-electron chi connectivity index (χ4n) is 4.75. The van der Waals surface area contributed by atoms with Crippen LogP contribution in [0.15, 0.2) is 60.7 Å². The van der Waals surface area contributed by atoms with Gasteiger partial charge in [-0.3, -0.25) is 14.4 Å². The SMILES string of the molecule is CC(NC(=O)[C@@H](C)NC(=O)[C@@H](NC(=O)OCc1ccccc1)C(Cc1ccccc1)C(=O)O)C1CCCC1. The van der Waals surface area contributed by atoms with E-state index in [9.17, 15) is 24.3 Å². The Hall–Kier alpha value is -3.88. The summed E-state index contributed by atoms with van der Waals surface area (Å²) in [6.07, 6.45) is 3.45. The van der Waals surface area contributed by atoms with Crippen molar-refractivity contribution in [3.05, 3.63) is 71.8 Å². The molecule has 204 valence electrons. The largest absolute Gasteiger partial charge is 0.481 e. The summed E-state index contributed by atoms with van der Waals surface area (Å²) in [6, 6.07) is 15.4. The second-order valence-electron chi connectivity index (χ2n) is 9.89. The Morgan fingerprint density at radius 2 is 1.42 bits per heavy atom. The summed E-state index contributed by atoms with van der Waals surface area (Å²) in [5, 5.41) is 18.0. The first-order valence-electron chi connectivity index (χ1n) is 13.1. The van der Waals surface area contributed by atoms with E-state index in [4.69, 9.17) is 4.74 Å². The van der Waals surface area contributed by atoms with Crippen molar-refractivity contribution < 1.29 is 29.0 Å². The monoisotopic (exact) mass is 523 g/mol. The standard InChI is InChI=1S/C29H37N3O6/c1-19(23-15-9-10-16-23)30-26(33)20(2)31-27(34)25(24(28(35)36)17-21-11-5-3-6-12-21)32-29(37)38-18-22-13-7-4-8-14-22/h3-8,11-14,19-20,23-25H,9-10,15-18H2,1-2H3,(H,30,33)(H,31,34)(H,32,37)(H,35,36)/t19?,20-,24?,25+/m1/s1. The molecule has 0 aliphatic heterocycles. The molecule has 3 rings (SSSR count). The van der Waals surface area contributed by atoms with Crippen molar-refractivity contribution in [1.82, 2.24) is 16.0 Å². The molecule has 2 aromatic rings.